The van der Waals surface area contributed by atoms with Crippen LogP contribution in [0.5, 0.6) is 0 Å². The van der Waals surface area contributed by atoms with E-state index in [1.807, 2.05) is 6.07 Å². The standard InChI is InChI=1S/C19H17ClN2O4S/c1-13-5-2-3-7-17(13)22-27(24,25)18-11-14(8-9-16(18)20)19(23)21-12-15-6-4-10-26-15/h2-11,22H,12H2,1H3,(H,21,23). The summed E-state index contributed by atoms with van der Waals surface area (Å²) in [6, 6.07) is 14.5. The Morgan fingerprint density at radius 1 is 1.11 bits per heavy atom. The molecule has 0 aliphatic carbocycles. The largest absolute Gasteiger partial charge is 0.467 e. The number of halogens is 1. The number of carbonyl (C=O) groups excluding carboxylic acids is 1. The van der Waals surface area contributed by atoms with Crippen molar-refractivity contribution in [3.63, 3.8) is 0 Å². The van der Waals surface area contributed by atoms with Crippen LogP contribution >= 0.6 is 11.6 Å². The summed E-state index contributed by atoms with van der Waals surface area (Å²) in [5, 5.41) is 2.69. The fraction of sp³-hybridized carbons (Fsp3) is 0.105. The molecule has 0 unspecified atom stereocenters. The molecule has 140 valence electrons. The molecule has 1 aromatic heterocycles. The van der Waals surface area contributed by atoms with Crippen LogP contribution in [0.15, 0.2) is 70.2 Å². The van der Waals surface area contributed by atoms with Crippen LogP contribution in [0.25, 0.3) is 0 Å². The molecule has 0 bridgehead atoms. The summed E-state index contributed by atoms with van der Waals surface area (Å²) >= 11 is 6.08. The topological polar surface area (TPSA) is 88.4 Å². The Morgan fingerprint density at radius 3 is 2.59 bits per heavy atom. The molecule has 1 heterocycles. The molecule has 2 aromatic carbocycles. The number of aryl methyl sites for hydroxylation is 1. The molecule has 27 heavy (non-hydrogen) atoms. The van der Waals surface area contributed by atoms with Crippen molar-refractivity contribution < 1.29 is 17.6 Å². The van der Waals surface area contributed by atoms with Crippen LogP contribution in [0.4, 0.5) is 5.69 Å². The molecule has 3 aromatic rings. The summed E-state index contributed by atoms with van der Waals surface area (Å²) in [4.78, 5) is 12.2. The molecule has 0 atom stereocenters. The lowest BCUT2D eigenvalue weighted by Crippen LogP contribution is -2.23. The number of amides is 1. The number of para-hydroxylation sites is 1. The van der Waals surface area contributed by atoms with E-state index in [0.29, 0.717) is 11.4 Å². The molecular formula is C19H17ClN2O4S. The number of benzene rings is 2. The van der Waals surface area contributed by atoms with Crippen LogP contribution in [0, 0.1) is 6.92 Å². The van der Waals surface area contributed by atoms with E-state index >= 15 is 0 Å². The average Bonchev–Trinajstić information content (AvgIpc) is 3.15. The van der Waals surface area contributed by atoms with E-state index in [2.05, 4.69) is 10.0 Å². The number of furan rings is 1. The van der Waals surface area contributed by atoms with E-state index in [0.717, 1.165) is 5.56 Å². The Kier molecular flexibility index (Phi) is 5.53. The highest BCUT2D eigenvalue weighted by Crippen LogP contribution is 2.26. The van der Waals surface area contributed by atoms with Gasteiger partial charge in [-0.1, -0.05) is 29.8 Å². The second kappa shape index (κ2) is 7.85. The Morgan fingerprint density at radius 2 is 1.89 bits per heavy atom. The molecule has 2 N–H and O–H groups in total. The molecule has 1 amide bonds. The number of rotatable bonds is 6. The van der Waals surface area contributed by atoms with Gasteiger partial charge in [0.2, 0.25) is 0 Å². The van der Waals surface area contributed by atoms with E-state index in [-0.39, 0.29) is 22.0 Å². The third kappa shape index (κ3) is 4.50. The van der Waals surface area contributed by atoms with Gasteiger partial charge in [0.1, 0.15) is 10.7 Å². The van der Waals surface area contributed by atoms with Crippen LogP contribution in [-0.2, 0) is 16.6 Å². The first kappa shape index (κ1) is 19.0. The van der Waals surface area contributed by atoms with Crippen molar-refractivity contribution in [2.75, 3.05) is 4.72 Å². The highest BCUT2D eigenvalue weighted by atomic mass is 35.5. The van der Waals surface area contributed by atoms with Gasteiger partial charge in [0.05, 0.1) is 23.5 Å². The van der Waals surface area contributed by atoms with E-state index in [1.54, 1.807) is 37.3 Å². The molecule has 0 radical (unpaired) electrons. The second-order valence-corrected chi connectivity index (χ2v) is 7.89. The predicted molar refractivity (Wildman–Crippen MR) is 103 cm³/mol. The molecule has 0 aliphatic heterocycles. The lowest BCUT2D eigenvalue weighted by molar-refractivity contribution is 0.0948. The summed E-state index contributed by atoms with van der Waals surface area (Å²) in [5.74, 6) is 0.154. The molecule has 6 nitrogen and oxygen atoms in total. The highest BCUT2D eigenvalue weighted by molar-refractivity contribution is 7.92. The molecular weight excluding hydrogens is 388 g/mol. The van der Waals surface area contributed by atoms with E-state index in [1.165, 1.54) is 24.5 Å². The second-order valence-electron chi connectivity index (χ2n) is 5.83. The zero-order chi connectivity index (χ0) is 19.4. The van der Waals surface area contributed by atoms with Crippen LogP contribution in [0.1, 0.15) is 21.7 Å². The quantitative estimate of drug-likeness (QED) is 0.650. The first-order valence-electron chi connectivity index (χ1n) is 8.05. The van der Waals surface area contributed by atoms with Crippen molar-refractivity contribution in [3.8, 4) is 0 Å². The fourth-order valence-corrected chi connectivity index (χ4v) is 4.08. The Bertz CT molecular complexity index is 1060. The van der Waals surface area contributed by atoms with Gasteiger partial charge in [-0.3, -0.25) is 9.52 Å². The summed E-state index contributed by atoms with van der Waals surface area (Å²) in [5.41, 5.74) is 1.39. The van der Waals surface area contributed by atoms with Crippen molar-refractivity contribution in [1.82, 2.24) is 5.32 Å². The first-order chi connectivity index (χ1) is 12.9. The minimum atomic E-state index is -3.96. The Labute approximate surface area is 162 Å². The maximum absolute atomic E-state index is 12.8. The van der Waals surface area contributed by atoms with Crippen molar-refractivity contribution in [2.24, 2.45) is 0 Å². The van der Waals surface area contributed by atoms with Gasteiger partial charge in [-0.05, 0) is 48.9 Å². The molecule has 8 heteroatoms. The Balaban J connectivity index is 1.84. The number of hydrogen-bond donors (Lipinski definition) is 2. The minimum absolute atomic E-state index is 0.0265. The molecule has 3 rings (SSSR count). The van der Waals surface area contributed by atoms with E-state index < -0.39 is 15.9 Å². The van der Waals surface area contributed by atoms with Gasteiger partial charge in [0, 0.05) is 5.56 Å². The molecule has 0 fully saturated rings. The lowest BCUT2D eigenvalue weighted by atomic mass is 10.2. The van der Waals surface area contributed by atoms with Gasteiger partial charge in [-0.2, -0.15) is 0 Å². The SMILES string of the molecule is Cc1ccccc1NS(=O)(=O)c1cc(C(=O)NCc2ccco2)ccc1Cl. The maximum atomic E-state index is 12.8. The van der Waals surface area contributed by atoms with Gasteiger partial charge in [-0.25, -0.2) is 8.42 Å². The third-order valence-corrected chi connectivity index (χ3v) is 5.72. The summed E-state index contributed by atoms with van der Waals surface area (Å²) in [6.07, 6.45) is 1.51. The van der Waals surface area contributed by atoms with Crippen LogP contribution < -0.4 is 10.0 Å². The predicted octanol–water partition coefficient (Wildman–Crippen LogP) is 3.97. The monoisotopic (exact) mass is 404 g/mol. The number of sulfonamides is 1. The molecule has 0 spiro atoms. The number of nitrogens with one attached hydrogen (secondary N) is 2. The van der Waals surface area contributed by atoms with E-state index in [9.17, 15) is 13.2 Å². The van der Waals surface area contributed by atoms with Crippen molar-refractivity contribution in [3.05, 3.63) is 82.8 Å². The summed E-state index contributed by atoms with van der Waals surface area (Å²) in [7, 11) is -3.96. The van der Waals surface area contributed by atoms with Gasteiger partial charge in [-0.15, -0.1) is 0 Å². The zero-order valence-corrected chi connectivity index (χ0v) is 16.0. The number of hydrogen-bond acceptors (Lipinski definition) is 4. The third-order valence-electron chi connectivity index (χ3n) is 3.88. The number of anilines is 1. The van der Waals surface area contributed by atoms with Crippen molar-refractivity contribution >= 4 is 33.2 Å². The molecule has 0 aliphatic rings. The zero-order valence-electron chi connectivity index (χ0n) is 14.4. The van der Waals surface area contributed by atoms with Crippen molar-refractivity contribution in [1.29, 1.82) is 0 Å². The first-order valence-corrected chi connectivity index (χ1v) is 9.91. The fourth-order valence-electron chi connectivity index (χ4n) is 2.42. The van der Waals surface area contributed by atoms with Gasteiger partial charge < -0.3 is 9.73 Å². The molecule has 0 saturated heterocycles. The van der Waals surface area contributed by atoms with Gasteiger partial charge in [0.15, 0.2) is 0 Å². The average molecular weight is 405 g/mol. The normalized spacial score (nSPS) is 11.2. The van der Waals surface area contributed by atoms with Crippen molar-refractivity contribution in [2.45, 2.75) is 18.4 Å². The minimum Gasteiger partial charge on any atom is -0.467 e. The highest BCUT2D eigenvalue weighted by Gasteiger charge is 2.21. The van der Waals surface area contributed by atoms with Gasteiger partial charge >= 0.3 is 0 Å². The Hall–Kier alpha value is -2.77. The molecule has 0 saturated carbocycles. The van der Waals surface area contributed by atoms with Gasteiger partial charge in [0.25, 0.3) is 15.9 Å². The number of carbonyl (C=O) groups is 1. The summed E-state index contributed by atoms with van der Waals surface area (Å²) in [6.45, 7) is 1.98. The van der Waals surface area contributed by atoms with Crippen LogP contribution in [0.3, 0.4) is 0 Å². The lowest BCUT2D eigenvalue weighted by Gasteiger charge is -2.12. The van der Waals surface area contributed by atoms with E-state index in [4.69, 9.17) is 16.0 Å². The van der Waals surface area contributed by atoms with Crippen LogP contribution in [-0.4, -0.2) is 14.3 Å². The van der Waals surface area contributed by atoms with Crippen LogP contribution in [0.2, 0.25) is 5.02 Å². The smallest absolute Gasteiger partial charge is 0.263 e. The summed E-state index contributed by atoms with van der Waals surface area (Å²) < 4.78 is 33.2. The maximum Gasteiger partial charge on any atom is 0.263 e.